The Morgan fingerprint density at radius 1 is 1.25 bits per heavy atom. The predicted molar refractivity (Wildman–Crippen MR) is 53.2 cm³/mol. The Balaban J connectivity index is 3.67. The first-order chi connectivity index (χ1) is 5.63. The van der Waals surface area contributed by atoms with Gasteiger partial charge in [0.2, 0.25) is 0 Å². The van der Waals surface area contributed by atoms with Crippen LogP contribution in [0.5, 0.6) is 0 Å². The quantitative estimate of drug-likeness (QED) is 0.640. The van der Waals surface area contributed by atoms with Gasteiger partial charge in [0.1, 0.15) is 0 Å². The average Bonchev–Trinajstić information content (AvgIpc) is 2.11. The summed E-state index contributed by atoms with van der Waals surface area (Å²) in [4.78, 5) is 0. The zero-order chi connectivity index (χ0) is 9.56. The maximum Gasteiger partial charge on any atom is 0.0556 e. The van der Waals surface area contributed by atoms with Crippen LogP contribution < -0.4 is 5.32 Å². The monoisotopic (exact) mass is 173 g/mol. The molecule has 3 atom stereocenters. The Kier molecular flexibility index (Phi) is 6.39. The van der Waals surface area contributed by atoms with Gasteiger partial charge in [-0.05, 0) is 18.8 Å². The Morgan fingerprint density at radius 2 is 1.83 bits per heavy atom. The van der Waals surface area contributed by atoms with Crippen molar-refractivity contribution < 1.29 is 5.11 Å². The highest BCUT2D eigenvalue weighted by atomic mass is 16.3. The lowest BCUT2D eigenvalue weighted by Gasteiger charge is -2.25. The van der Waals surface area contributed by atoms with Crippen LogP contribution in [0.2, 0.25) is 0 Å². The largest absolute Gasteiger partial charge is 0.395 e. The zero-order valence-electron chi connectivity index (χ0n) is 8.80. The third-order valence-corrected chi connectivity index (χ3v) is 2.91. The molecule has 0 aromatic heterocycles. The highest BCUT2D eigenvalue weighted by Crippen LogP contribution is 2.17. The van der Waals surface area contributed by atoms with Gasteiger partial charge in [-0.3, -0.25) is 0 Å². The minimum Gasteiger partial charge on any atom is -0.395 e. The molecule has 0 fully saturated rings. The summed E-state index contributed by atoms with van der Waals surface area (Å²) in [7, 11) is 0. The molecule has 0 spiro atoms. The molecule has 0 aromatic carbocycles. The Hall–Kier alpha value is -0.0800. The van der Waals surface area contributed by atoms with Gasteiger partial charge in [-0.2, -0.15) is 0 Å². The molecule has 0 aromatic rings. The molecule has 74 valence electrons. The molecule has 0 amide bonds. The van der Waals surface area contributed by atoms with Crippen molar-refractivity contribution >= 4 is 0 Å². The molecule has 0 bridgehead atoms. The smallest absolute Gasteiger partial charge is 0.0556 e. The molecular formula is C10H23NO. The van der Waals surface area contributed by atoms with E-state index in [4.69, 9.17) is 5.11 Å². The predicted octanol–water partition coefficient (Wildman–Crippen LogP) is 1.64. The molecule has 0 rings (SSSR count). The summed E-state index contributed by atoms with van der Waals surface area (Å²) < 4.78 is 0. The molecular weight excluding hydrogens is 150 g/mol. The second-order valence-corrected chi connectivity index (χ2v) is 3.71. The molecule has 0 radical (unpaired) electrons. The van der Waals surface area contributed by atoms with E-state index in [1.165, 1.54) is 6.42 Å². The highest BCUT2D eigenvalue weighted by Gasteiger charge is 2.16. The second kappa shape index (κ2) is 6.44. The van der Waals surface area contributed by atoms with Gasteiger partial charge in [0.05, 0.1) is 6.61 Å². The summed E-state index contributed by atoms with van der Waals surface area (Å²) in [6.45, 7) is 9.90. The van der Waals surface area contributed by atoms with Crippen LogP contribution in [-0.4, -0.2) is 24.3 Å². The number of hydrogen-bond donors (Lipinski definition) is 2. The lowest BCUT2D eigenvalue weighted by atomic mass is 9.88. The van der Waals surface area contributed by atoms with E-state index >= 15 is 0 Å². The van der Waals surface area contributed by atoms with Crippen molar-refractivity contribution in [2.24, 2.45) is 11.8 Å². The molecule has 2 heteroatoms. The molecule has 0 aliphatic carbocycles. The summed E-state index contributed by atoms with van der Waals surface area (Å²) in [6, 6.07) is 0.507. The number of rotatable bonds is 6. The van der Waals surface area contributed by atoms with Crippen LogP contribution in [0.25, 0.3) is 0 Å². The molecule has 0 saturated carbocycles. The van der Waals surface area contributed by atoms with Crippen molar-refractivity contribution in [1.82, 2.24) is 5.32 Å². The van der Waals surface area contributed by atoms with Gasteiger partial charge >= 0.3 is 0 Å². The van der Waals surface area contributed by atoms with Gasteiger partial charge in [0.25, 0.3) is 0 Å². The summed E-state index contributed by atoms with van der Waals surface area (Å²) >= 11 is 0. The normalized spacial score (nSPS) is 18.8. The fourth-order valence-electron chi connectivity index (χ4n) is 1.34. The Bertz CT molecular complexity index is 106. The summed E-state index contributed by atoms with van der Waals surface area (Å²) in [5.41, 5.74) is 0. The van der Waals surface area contributed by atoms with Gasteiger partial charge in [-0.25, -0.2) is 0 Å². The van der Waals surface area contributed by atoms with Gasteiger partial charge < -0.3 is 10.4 Å². The third kappa shape index (κ3) is 4.07. The Morgan fingerprint density at radius 3 is 2.25 bits per heavy atom. The number of nitrogens with one attached hydrogen (secondary N) is 1. The lowest BCUT2D eigenvalue weighted by Crippen LogP contribution is -2.36. The third-order valence-electron chi connectivity index (χ3n) is 2.91. The van der Waals surface area contributed by atoms with Crippen molar-refractivity contribution in [1.29, 1.82) is 0 Å². The Labute approximate surface area is 76.4 Å². The molecule has 0 aliphatic heterocycles. The minimum absolute atomic E-state index is 0.234. The van der Waals surface area contributed by atoms with Gasteiger partial charge in [-0.15, -0.1) is 0 Å². The lowest BCUT2D eigenvalue weighted by molar-refractivity contribution is 0.250. The second-order valence-electron chi connectivity index (χ2n) is 3.71. The van der Waals surface area contributed by atoms with Crippen LogP contribution in [-0.2, 0) is 0 Å². The van der Waals surface area contributed by atoms with E-state index in [9.17, 15) is 0 Å². The average molecular weight is 173 g/mol. The van der Waals surface area contributed by atoms with E-state index in [-0.39, 0.29) is 6.61 Å². The maximum atomic E-state index is 8.63. The molecule has 0 saturated heterocycles. The van der Waals surface area contributed by atoms with E-state index < -0.39 is 0 Å². The zero-order valence-corrected chi connectivity index (χ0v) is 8.80. The van der Waals surface area contributed by atoms with Crippen molar-refractivity contribution in [2.45, 2.75) is 40.2 Å². The summed E-state index contributed by atoms with van der Waals surface area (Å²) in [5.74, 6) is 1.44. The minimum atomic E-state index is 0.234. The molecule has 2 nitrogen and oxygen atoms in total. The van der Waals surface area contributed by atoms with E-state index in [0.717, 1.165) is 5.92 Å². The van der Waals surface area contributed by atoms with Gasteiger partial charge in [0, 0.05) is 12.6 Å². The first kappa shape index (κ1) is 11.9. The van der Waals surface area contributed by atoms with E-state index in [0.29, 0.717) is 18.5 Å². The molecule has 2 N–H and O–H groups in total. The van der Waals surface area contributed by atoms with Crippen molar-refractivity contribution in [3.8, 4) is 0 Å². The summed E-state index contributed by atoms with van der Waals surface area (Å²) in [6.07, 6.45) is 1.23. The van der Waals surface area contributed by atoms with Crippen LogP contribution in [0.15, 0.2) is 0 Å². The maximum absolute atomic E-state index is 8.63. The first-order valence-electron chi connectivity index (χ1n) is 4.97. The fourth-order valence-corrected chi connectivity index (χ4v) is 1.34. The number of hydrogen-bond acceptors (Lipinski definition) is 2. The van der Waals surface area contributed by atoms with Crippen LogP contribution in [0.3, 0.4) is 0 Å². The fraction of sp³-hybridized carbons (Fsp3) is 1.00. The van der Waals surface area contributed by atoms with E-state index in [1.54, 1.807) is 0 Å². The first-order valence-corrected chi connectivity index (χ1v) is 4.97. The molecule has 0 heterocycles. The van der Waals surface area contributed by atoms with Gasteiger partial charge in [-0.1, -0.05) is 27.2 Å². The van der Waals surface area contributed by atoms with Crippen LogP contribution in [0.4, 0.5) is 0 Å². The van der Waals surface area contributed by atoms with Crippen LogP contribution in [0, 0.1) is 11.8 Å². The van der Waals surface area contributed by atoms with E-state index in [2.05, 4.69) is 33.0 Å². The SMILES string of the molecule is CCC(C)C(C)C(C)NCCO. The molecule has 3 unspecified atom stereocenters. The number of aliphatic hydroxyl groups excluding tert-OH is 1. The van der Waals surface area contributed by atoms with Crippen LogP contribution in [0.1, 0.15) is 34.1 Å². The summed E-state index contributed by atoms with van der Waals surface area (Å²) in [5, 5.41) is 11.9. The van der Waals surface area contributed by atoms with Crippen molar-refractivity contribution in [3.63, 3.8) is 0 Å². The van der Waals surface area contributed by atoms with Crippen molar-refractivity contribution in [2.75, 3.05) is 13.2 Å². The topological polar surface area (TPSA) is 32.3 Å². The molecule has 0 aliphatic rings. The van der Waals surface area contributed by atoms with Gasteiger partial charge in [0.15, 0.2) is 0 Å². The molecule has 12 heavy (non-hydrogen) atoms. The highest BCUT2D eigenvalue weighted by molar-refractivity contribution is 4.72. The van der Waals surface area contributed by atoms with E-state index in [1.807, 2.05) is 0 Å². The number of aliphatic hydroxyl groups is 1. The van der Waals surface area contributed by atoms with Crippen LogP contribution >= 0.6 is 0 Å². The standard InChI is InChI=1S/C10H23NO/c1-5-8(2)9(3)10(4)11-6-7-12/h8-12H,5-7H2,1-4H3. The van der Waals surface area contributed by atoms with Crippen molar-refractivity contribution in [3.05, 3.63) is 0 Å².